The molecule has 3 N–H and O–H groups in total. The summed E-state index contributed by atoms with van der Waals surface area (Å²) in [4.78, 5) is 50.6. The van der Waals surface area contributed by atoms with Crippen molar-refractivity contribution < 1.29 is 44.3 Å². The third kappa shape index (κ3) is 3.59. The molecule has 0 aliphatic carbocycles. The molecule has 0 bridgehead atoms. The second-order valence-corrected chi connectivity index (χ2v) is 7.21. The molecule has 10 nitrogen and oxygen atoms in total. The quantitative estimate of drug-likeness (QED) is 0.220. The molecule has 0 aromatic carbocycles. The average molecular weight is 393 g/mol. The maximum Gasteiger partial charge on any atom is 1.00 e. The van der Waals surface area contributed by atoms with E-state index >= 15 is 0 Å². The van der Waals surface area contributed by atoms with Crippen LogP contribution in [0.25, 0.3) is 0 Å². The summed E-state index contributed by atoms with van der Waals surface area (Å²) in [6.45, 7) is 0. The zero-order chi connectivity index (χ0) is 17.6. The summed E-state index contributed by atoms with van der Waals surface area (Å²) in [5.41, 5.74) is 4.20. The predicted octanol–water partition coefficient (Wildman–Crippen LogP) is -6.19. The number of carbonyl (C=O) groups excluding carboxylic acids is 2. The van der Waals surface area contributed by atoms with Gasteiger partial charge in [-0.1, -0.05) is 11.8 Å². The summed E-state index contributed by atoms with van der Waals surface area (Å²) in [6.07, 6.45) is 0. The number of nitrogens with two attached hydrogens (primary N) is 1. The van der Waals surface area contributed by atoms with Gasteiger partial charge in [0.05, 0.1) is 11.7 Å². The molecule has 1 aromatic heterocycles. The van der Waals surface area contributed by atoms with Crippen molar-refractivity contribution in [1.82, 2.24) is 19.7 Å². The number of carbonyl (C=O) groups is 2. The van der Waals surface area contributed by atoms with Gasteiger partial charge in [0.25, 0.3) is 0 Å². The van der Waals surface area contributed by atoms with Crippen molar-refractivity contribution in [3.63, 3.8) is 0 Å². The van der Waals surface area contributed by atoms with E-state index in [-0.39, 0.29) is 46.2 Å². The average Bonchev–Trinajstić information content (AvgIpc) is 2.55. The zero-order valence-corrected chi connectivity index (χ0v) is 17.0. The molecule has 1 amide bonds. The minimum absolute atomic E-state index is 0. The Hall–Kier alpha value is -1.05. The number of hydrogen-bond acceptors (Lipinski definition) is 9. The molecular formula is C12H12N5NaO5S2. The molecule has 2 aliphatic rings. The van der Waals surface area contributed by atoms with Crippen LogP contribution in [0.2, 0.25) is 0 Å². The van der Waals surface area contributed by atoms with Gasteiger partial charge < -0.3 is 15.6 Å². The maximum atomic E-state index is 11.8. The summed E-state index contributed by atoms with van der Waals surface area (Å²) >= 11 is 2.45. The number of β-lactam (4-membered cyclic amide) rings is 1. The van der Waals surface area contributed by atoms with Crippen LogP contribution in [0, 0.1) is 0 Å². The Labute approximate surface area is 171 Å². The third-order valence-corrected chi connectivity index (χ3v) is 6.08. The SMILES string of the molecule is Cn1[nH]c(=O)c(=O)nc1SCC1=C(C(=O)[O-])N2C(=O)C(N)C2SC1.[Na+]. The van der Waals surface area contributed by atoms with Gasteiger partial charge in [-0.25, -0.2) is 0 Å². The van der Waals surface area contributed by atoms with Crippen LogP contribution >= 0.6 is 23.5 Å². The maximum absolute atomic E-state index is 11.8. The minimum Gasteiger partial charge on any atom is -0.543 e. The second-order valence-electron chi connectivity index (χ2n) is 5.16. The van der Waals surface area contributed by atoms with Crippen LogP contribution in [-0.2, 0) is 16.6 Å². The molecule has 25 heavy (non-hydrogen) atoms. The second kappa shape index (κ2) is 7.68. The molecule has 1 aromatic rings. The smallest absolute Gasteiger partial charge is 0.543 e. The van der Waals surface area contributed by atoms with Crippen LogP contribution in [0.5, 0.6) is 0 Å². The Bertz CT molecular complexity index is 881. The first-order valence-corrected chi connectivity index (χ1v) is 8.78. The molecule has 0 saturated carbocycles. The minimum atomic E-state index is -1.44. The van der Waals surface area contributed by atoms with Gasteiger partial charge in [0, 0.05) is 18.6 Å². The van der Waals surface area contributed by atoms with Crippen molar-refractivity contribution in [2.45, 2.75) is 16.6 Å². The number of aliphatic carboxylic acids is 1. The number of rotatable bonds is 4. The van der Waals surface area contributed by atoms with Gasteiger partial charge in [-0.2, -0.15) is 4.98 Å². The molecule has 1 fully saturated rings. The van der Waals surface area contributed by atoms with Gasteiger partial charge in [0.15, 0.2) is 5.16 Å². The van der Waals surface area contributed by atoms with Crippen LogP contribution in [0.1, 0.15) is 0 Å². The normalized spacial score (nSPS) is 22.2. The molecule has 2 unspecified atom stereocenters. The van der Waals surface area contributed by atoms with E-state index in [2.05, 4.69) is 10.1 Å². The molecule has 128 valence electrons. The van der Waals surface area contributed by atoms with E-state index in [9.17, 15) is 24.3 Å². The molecule has 1 saturated heterocycles. The van der Waals surface area contributed by atoms with Crippen LogP contribution < -0.4 is 51.5 Å². The first-order valence-electron chi connectivity index (χ1n) is 6.75. The molecular weight excluding hydrogens is 381 g/mol. The largest absolute Gasteiger partial charge is 1.00 e. The molecule has 3 heterocycles. The summed E-state index contributed by atoms with van der Waals surface area (Å²) in [6, 6.07) is -0.708. The van der Waals surface area contributed by atoms with Crippen molar-refractivity contribution in [1.29, 1.82) is 0 Å². The molecule has 13 heteroatoms. The van der Waals surface area contributed by atoms with Crippen molar-refractivity contribution in [3.8, 4) is 0 Å². The Morgan fingerprint density at radius 2 is 2.16 bits per heavy atom. The summed E-state index contributed by atoms with van der Waals surface area (Å²) in [7, 11) is 1.51. The fourth-order valence-corrected chi connectivity index (χ4v) is 4.77. The standard InChI is InChI=1S/C12H13N5O5S2.Na/c1-16-12(14-7(18)8(19)15-16)24-3-4-2-23-10-5(13)9(20)17(10)6(4)11(21)22;/h5,10H,2-3,13H2,1H3,(H,15,19)(H,21,22);/q;+1/p-1. The van der Waals surface area contributed by atoms with Crippen molar-refractivity contribution >= 4 is 35.4 Å². The zero-order valence-electron chi connectivity index (χ0n) is 13.3. The monoisotopic (exact) mass is 393 g/mol. The van der Waals surface area contributed by atoms with Gasteiger partial charge in [-0.15, -0.1) is 11.8 Å². The fourth-order valence-electron chi connectivity index (χ4n) is 2.42. The Morgan fingerprint density at radius 3 is 2.80 bits per heavy atom. The van der Waals surface area contributed by atoms with Gasteiger partial charge >= 0.3 is 40.7 Å². The fraction of sp³-hybridized carbons (Fsp3) is 0.417. The third-order valence-electron chi connectivity index (χ3n) is 3.60. The van der Waals surface area contributed by atoms with Crippen LogP contribution in [-0.4, -0.2) is 54.5 Å². The van der Waals surface area contributed by atoms with E-state index in [1.165, 1.54) is 23.5 Å². The van der Waals surface area contributed by atoms with E-state index in [0.717, 1.165) is 16.7 Å². The van der Waals surface area contributed by atoms with Gasteiger partial charge in [0.1, 0.15) is 11.4 Å². The van der Waals surface area contributed by atoms with Gasteiger partial charge in [-0.3, -0.25) is 29.1 Å². The van der Waals surface area contributed by atoms with E-state index < -0.39 is 34.4 Å². The first-order chi connectivity index (χ1) is 11.3. The number of hydrogen-bond donors (Lipinski definition) is 2. The summed E-state index contributed by atoms with van der Waals surface area (Å²) < 4.78 is 1.27. The van der Waals surface area contributed by atoms with Crippen LogP contribution in [0.4, 0.5) is 0 Å². The molecule has 3 rings (SSSR count). The molecule has 2 aliphatic heterocycles. The Balaban J connectivity index is 0.00000225. The number of amides is 1. The number of nitrogens with zero attached hydrogens (tertiary/aromatic N) is 3. The number of H-pyrrole nitrogens is 1. The number of fused-ring (bicyclic) bond motifs is 1. The van der Waals surface area contributed by atoms with Crippen molar-refractivity contribution in [2.75, 3.05) is 11.5 Å². The number of thioether (sulfide) groups is 2. The van der Waals surface area contributed by atoms with Gasteiger partial charge in [-0.05, 0) is 5.57 Å². The topological polar surface area (TPSA) is 154 Å². The molecule has 2 atom stereocenters. The number of aromatic amines is 1. The van der Waals surface area contributed by atoms with E-state index in [4.69, 9.17) is 5.73 Å². The van der Waals surface area contributed by atoms with Crippen molar-refractivity contribution in [2.24, 2.45) is 12.8 Å². The Morgan fingerprint density at radius 1 is 1.48 bits per heavy atom. The van der Waals surface area contributed by atoms with Crippen LogP contribution in [0.3, 0.4) is 0 Å². The Kier molecular flexibility index (Phi) is 6.22. The van der Waals surface area contributed by atoms with Crippen molar-refractivity contribution in [3.05, 3.63) is 32.0 Å². The summed E-state index contributed by atoms with van der Waals surface area (Å²) in [5, 5.41) is 13.6. The number of aryl methyl sites for hydroxylation is 1. The summed E-state index contributed by atoms with van der Waals surface area (Å²) in [5.74, 6) is -1.35. The molecule has 0 spiro atoms. The van der Waals surface area contributed by atoms with Crippen LogP contribution in [0.15, 0.2) is 26.0 Å². The van der Waals surface area contributed by atoms with E-state index in [1.54, 1.807) is 0 Å². The number of carboxylic acids is 1. The predicted molar refractivity (Wildman–Crippen MR) is 83.9 cm³/mol. The number of carboxylic acid groups (broad SMARTS) is 1. The van der Waals surface area contributed by atoms with Gasteiger partial charge in [0.2, 0.25) is 5.91 Å². The number of aromatic nitrogens is 3. The van der Waals surface area contributed by atoms with E-state index in [1.807, 2.05) is 0 Å². The molecule has 0 radical (unpaired) electrons. The number of nitrogens with one attached hydrogen (secondary N) is 1. The first kappa shape index (κ1) is 20.3. The van der Waals surface area contributed by atoms with E-state index in [0.29, 0.717) is 11.3 Å².